The first-order valence-electron chi connectivity index (χ1n) is 9.12. The second kappa shape index (κ2) is 10.0. The van der Waals surface area contributed by atoms with Crippen LogP contribution in [0.1, 0.15) is 6.92 Å². The molecule has 170 valence electrons. The van der Waals surface area contributed by atoms with Gasteiger partial charge in [0.2, 0.25) is 0 Å². The van der Waals surface area contributed by atoms with Crippen LogP contribution in [-0.2, 0) is 18.9 Å². The first-order chi connectivity index (χ1) is 13.6. The van der Waals surface area contributed by atoms with E-state index < -0.39 is 80.2 Å². The largest absolute Gasteiger partial charge is 0.394 e. The summed E-state index contributed by atoms with van der Waals surface area (Å²) in [6.07, 6.45) is -13.5. The van der Waals surface area contributed by atoms with Crippen LogP contribution in [0.15, 0.2) is 12.7 Å². The van der Waals surface area contributed by atoms with E-state index in [9.17, 15) is 40.9 Å². The van der Waals surface area contributed by atoms with Crippen LogP contribution in [0, 0.1) is 0 Å². The van der Waals surface area contributed by atoms with Crippen LogP contribution in [0.5, 0.6) is 0 Å². The highest BCUT2D eigenvalue weighted by Crippen LogP contribution is 2.28. The van der Waals surface area contributed by atoms with E-state index in [1.807, 2.05) is 0 Å². The lowest BCUT2D eigenvalue weighted by Crippen LogP contribution is -2.61. The summed E-state index contributed by atoms with van der Waals surface area (Å²) in [6, 6.07) is 0. The smallest absolute Gasteiger partial charge is 0.187 e. The lowest BCUT2D eigenvalue weighted by molar-refractivity contribution is -0.337. The number of hydrogen-bond donors (Lipinski definition) is 8. The predicted octanol–water partition coefficient (Wildman–Crippen LogP) is -4.44. The molecule has 0 amide bonds. The minimum atomic E-state index is -1.64. The monoisotopic (exact) mass is 426 g/mol. The summed E-state index contributed by atoms with van der Waals surface area (Å²) in [5, 5.41) is 77.9. The van der Waals surface area contributed by atoms with Gasteiger partial charge < -0.3 is 59.8 Å². The van der Waals surface area contributed by atoms with Crippen molar-refractivity contribution in [3.8, 4) is 0 Å². The summed E-state index contributed by atoms with van der Waals surface area (Å²) < 4.78 is 21.6. The lowest BCUT2D eigenvalue weighted by Gasteiger charge is -2.43. The molecule has 2 saturated heterocycles. The van der Waals surface area contributed by atoms with Crippen LogP contribution < -0.4 is 0 Å². The molecule has 2 aliphatic rings. The van der Waals surface area contributed by atoms with Gasteiger partial charge in [-0.05, 0) is 6.92 Å². The molecule has 2 aliphatic heterocycles. The Kier molecular flexibility index (Phi) is 8.50. The molecule has 8 N–H and O–H groups in total. The van der Waals surface area contributed by atoms with Gasteiger partial charge in [0.1, 0.15) is 54.4 Å². The van der Waals surface area contributed by atoms with Crippen molar-refractivity contribution in [2.24, 2.45) is 0 Å². The minimum absolute atomic E-state index is 0.339. The van der Waals surface area contributed by atoms with Crippen LogP contribution in [0.4, 0.5) is 0 Å². The summed E-state index contributed by atoms with van der Waals surface area (Å²) in [6.45, 7) is 3.49. The first kappa shape index (κ1) is 24.5. The molecule has 5 unspecified atom stereocenters. The maximum absolute atomic E-state index is 10.1. The molecular weight excluding hydrogens is 396 g/mol. The lowest BCUT2D eigenvalue weighted by atomic mass is 9.98. The fourth-order valence-electron chi connectivity index (χ4n) is 3.02. The summed E-state index contributed by atoms with van der Waals surface area (Å²) in [5.41, 5.74) is -1.37. The van der Waals surface area contributed by atoms with Gasteiger partial charge in [-0.1, -0.05) is 6.08 Å². The van der Waals surface area contributed by atoms with Gasteiger partial charge in [-0.25, -0.2) is 0 Å². The molecule has 0 aliphatic carbocycles. The summed E-state index contributed by atoms with van der Waals surface area (Å²) in [4.78, 5) is 0. The third-order valence-corrected chi connectivity index (χ3v) is 5.05. The molecule has 2 rings (SSSR count). The van der Waals surface area contributed by atoms with E-state index in [0.717, 1.165) is 0 Å². The number of aliphatic hydroxyl groups excluding tert-OH is 8. The third kappa shape index (κ3) is 5.31. The first-order valence-corrected chi connectivity index (χ1v) is 9.12. The van der Waals surface area contributed by atoms with E-state index >= 15 is 0 Å². The molecule has 11 atom stereocenters. The zero-order chi connectivity index (χ0) is 21.9. The average Bonchev–Trinajstić information content (AvgIpc) is 2.72. The van der Waals surface area contributed by atoms with Crippen LogP contribution in [-0.4, -0.2) is 128 Å². The van der Waals surface area contributed by atoms with Gasteiger partial charge in [0.25, 0.3) is 0 Å². The molecule has 0 aromatic carbocycles. The number of aliphatic hydroxyl groups is 8. The maximum Gasteiger partial charge on any atom is 0.187 e. The van der Waals surface area contributed by atoms with Gasteiger partial charge in [0, 0.05) is 0 Å². The van der Waals surface area contributed by atoms with Gasteiger partial charge >= 0.3 is 0 Å². The fourth-order valence-corrected chi connectivity index (χ4v) is 3.02. The molecule has 12 heteroatoms. The van der Waals surface area contributed by atoms with E-state index in [4.69, 9.17) is 18.9 Å². The van der Waals surface area contributed by atoms with Crippen LogP contribution >= 0.6 is 0 Å². The Morgan fingerprint density at radius 1 is 0.793 bits per heavy atom. The normalized spacial score (nSPS) is 45.6. The Labute approximate surface area is 167 Å². The van der Waals surface area contributed by atoms with Gasteiger partial charge in [0.05, 0.1) is 19.8 Å². The summed E-state index contributed by atoms with van der Waals surface area (Å²) in [5.74, 6) is 0. The third-order valence-electron chi connectivity index (χ3n) is 5.05. The predicted molar refractivity (Wildman–Crippen MR) is 93.2 cm³/mol. The highest BCUT2D eigenvalue weighted by molar-refractivity contribution is 4.98. The minimum Gasteiger partial charge on any atom is -0.394 e. The molecule has 2 fully saturated rings. The topological polar surface area (TPSA) is 199 Å². The average molecular weight is 426 g/mol. The highest BCUT2D eigenvalue weighted by atomic mass is 16.7. The molecule has 2 heterocycles. The number of ether oxygens (including phenoxy) is 4. The van der Waals surface area contributed by atoms with Crippen molar-refractivity contribution in [2.75, 3.05) is 19.8 Å². The molecule has 0 radical (unpaired) electrons. The second-order valence-corrected chi connectivity index (χ2v) is 7.34. The van der Waals surface area contributed by atoms with Crippen molar-refractivity contribution in [3.63, 3.8) is 0 Å². The molecular formula is C17H30O12. The van der Waals surface area contributed by atoms with Crippen molar-refractivity contribution < 1.29 is 59.8 Å². The highest BCUT2D eigenvalue weighted by Gasteiger charge is 2.47. The van der Waals surface area contributed by atoms with Crippen LogP contribution in [0.25, 0.3) is 0 Å². The molecule has 0 saturated carbocycles. The van der Waals surface area contributed by atoms with Crippen molar-refractivity contribution >= 4 is 0 Å². The van der Waals surface area contributed by atoms with Crippen molar-refractivity contribution in [3.05, 3.63) is 12.7 Å². The Balaban J connectivity index is 2.03. The fraction of sp³-hybridized carbons (Fsp3) is 0.882. The molecule has 29 heavy (non-hydrogen) atoms. The molecule has 12 nitrogen and oxygen atoms in total. The van der Waals surface area contributed by atoms with Crippen molar-refractivity contribution in [2.45, 2.75) is 73.9 Å². The van der Waals surface area contributed by atoms with Gasteiger partial charge in [-0.15, -0.1) is 6.58 Å². The molecule has 0 bridgehead atoms. The van der Waals surface area contributed by atoms with E-state index in [0.29, 0.717) is 0 Å². The number of rotatable bonds is 8. The molecule has 0 aromatic heterocycles. The maximum atomic E-state index is 10.1. The van der Waals surface area contributed by atoms with E-state index in [1.165, 1.54) is 13.0 Å². The summed E-state index contributed by atoms with van der Waals surface area (Å²) in [7, 11) is 0. The Morgan fingerprint density at radius 2 is 1.24 bits per heavy atom. The zero-order valence-corrected chi connectivity index (χ0v) is 15.9. The van der Waals surface area contributed by atoms with Gasteiger partial charge in [0.15, 0.2) is 12.6 Å². The van der Waals surface area contributed by atoms with E-state index in [2.05, 4.69) is 6.58 Å². The summed E-state index contributed by atoms with van der Waals surface area (Å²) >= 11 is 0. The van der Waals surface area contributed by atoms with Crippen molar-refractivity contribution in [1.82, 2.24) is 0 Å². The SMILES string of the molecule is C=C[C@@](C)(CO[C@@H]1OC(CO)[C@@H](O)[C@H](O)C1O)O[C@@H]1OC(CO)[C@@H](O)C(O)C1O. The second-order valence-electron chi connectivity index (χ2n) is 7.34. The number of hydrogen-bond acceptors (Lipinski definition) is 12. The molecule has 0 aromatic rings. The van der Waals surface area contributed by atoms with Crippen LogP contribution in [0.3, 0.4) is 0 Å². The molecule has 0 spiro atoms. The standard InChI is InChI=1S/C17H30O12/c1-3-17(2,29-16-14(25)12(23)10(21)8(5-19)28-16)6-26-15-13(24)11(22)9(20)7(4-18)27-15/h3,7-16,18-25H,1,4-6H2,2H3/t7?,8?,9-,10-,11+,12?,13?,14?,15-,16+,17+/m1/s1. The quantitative estimate of drug-likeness (QED) is 0.174. The van der Waals surface area contributed by atoms with Gasteiger partial charge in [-0.2, -0.15) is 0 Å². The van der Waals surface area contributed by atoms with Gasteiger partial charge in [-0.3, -0.25) is 0 Å². The Morgan fingerprint density at radius 3 is 1.69 bits per heavy atom. The van der Waals surface area contributed by atoms with E-state index in [-0.39, 0.29) is 6.61 Å². The van der Waals surface area contributed by atoms with Crippen LogP contribution in [0.2, 0.25) is 0 Å². The Hall–Kier alpha value is -0.740. The van der Waals surface area contributed by atoms with Crippen molar-refractivity contribution in [1.29, 1.82) is 0 Å². The van der Waals surface area contributed by atoms with E-state index in [1.54, 1.807) is 0 Å². The Bertz CT molecular complexity index is 531. The zero-order valence-electron chi connectivity index (χ0n) is 15.9.